The molecule has 1 aliphatic heterocycles. The molecule has 0 saturated heterocycles. The molecule has 13 heavy (non-hydrogen) atoms. The molecule has 0 aromatic rings. The second-order valence-corrected chi connectivity index (χ2v) is 3.46. The third-order valence-corrected chi connectivity index (χ3v) is 2.45. The molecule has 68 valence electrons. The van der Waals surface area contributed by atoms with E-state index in [-0.39, 0.29) is 0 Å². The Kier molecular flexibility index (Phi) is 2.30. The Morgan fingerprint density at radius 2 is 2.38 bits per heavy atom. The molecule has 1 atom stereocenters. The van der Waals surface area contributed by atoms with Gasteiger partial charge < -0.3 is 5.32 Å². The first-order valence-electron chi connectivity index (χ1n) is 4.66. The summed E-state index contributed by atoms with van der Waals surface area (Å²) in [5, 5.41) is 3.24. The maximum absolute atomic E-state index is 4.17. The summed E-state index contributed by atoms with van der Waals surface area (Å²) in [6.07, 6.45) is 11.6. The zero-order valence-electron chi connectivity index (χ0n) is 7.83. The van der Waals surface area contributed by atoms with Gasteiger partial charge in [-0.05, 0) is 18.9 Å². The highest BCUT2D eigenvalue weighted by Crippen LogP contribution is 2.22. The lowest BCUT2D eigenvalue weighted by Crippen LogP contribution is -2.24. The number of allylic oxidation sites excluding steroid dienone is 4. The van der Waals surface area contributed by atoms with Crippen molar-refractivity contribution in [1.82, 2.24) is 5.32 Å². The molecule has 0 saturated carbocycles. The maximum atomic E-state index is 4.17. The van der Waals surface area contributed by atoms with Crippen LogP contribution in [0.25, 0.3) is 0 Å². The van der Waals surface area contributed by atoms with Crippen molar-refractivity contribution in [3.8, 4) is 0 Å². The molecule has 0 aromatic heterocycles. The van der Waals surface area contributed by atoms with E-state index < -0.39 is 0 Å². The second kappa shape index (κ2) is 3.60. The molecule has 1 heterocycles. The number of nitrogens with one attached hydrogen (secondary N) is 1. The van der Waals surface area contributed by atoms with Gasteiger partial charge in [0.15, 0.2) is 0 Å². The Balaban J connectivity index is 2.15. The van der Waals surface area contributed by atoms with E-state index in [1.807, 2.05) is 0 Å². The summed E-state index contributed by atoms with van der Waals surface area (Å²) in [4.78, 5) is 4.17. The van der Waals surface area contributed by atoms with Gasteiger partial charge in [-0.25, -0.2) is 0 Å². The van der Waals surface area contributed by atoms with Gasteiger partial charge in [0.05, 0.1) is 12.9 Å². The number of aliphatic imine (C=N–C) groups is 1. The summed E-state index contributed by atoms with van der Waals surface area (Å²) < 4.78 is 0. The minimum atomic E-state index is 0.525. The van der Waals surface area contributed by atoms with Crippen LogP contribution in [0.2, 0.25) is 0 Å². The predicted molar refractivity (Wildman–Crippen MR) is 55.6 cm³/mol. The molecular weight excluding hydrogens is 160 g/mol. The van der Waals surface area contributed by atoms with Gasteiger partial charge >= 0.3 is 0 Å². The van der Waals surface area contributed by atoms with Gasteiger partial charge in [-0.3, -0.25) is 4.99 Å². The molecule has 1 N–H and O–H groups in total. The van der Waals surface area contributed by atoms with Crippen LogP contribution in [0.15, 0.2) is 40.6 Å². The number of hydrogen-bond acceptors (Lipinski definition) is 2. The average molecular weight is 174 g/mol. The topological polar surface area (TPSA) is 24.4 Å². The van der Waals surface area contributed by atoms with Crippen molar-refractivity contribution in [2.24, 2.45) is 10.9 Å². The lowest BCUT2D eigenvalue weighted by atomic mass is 9.94. The standard InChI is InChI=1S/C11H14N2/c1-9-7-12-8-13-11(9)10-5-3-2-4-6-10/h2-5,8,10H,6-7H2,1H3,(H,12,13)/t10-/m0/s1. The summed E-state index contributed by atoms with van der Waals surface area (Å²) in [6.45, 7) is 2.99. The molecule has 0 aromatic carbocycles. The fraction of sp³-hybridized carbons (Fsp3) is 0.364. The average Bonchev–Trinajstić information content (AvgIpc) is 2.20. The zero-order chi connectivity index (χ0) is 9.10. The molecule has 0 radical (unpaired) electrons. The molecule has 2 rings (SSSR count). The van der Waals surface area contributed by atoms with E-state index in [0.717, 1.165) is 13.0 Å². The Labute approximate surface area is 78.8 Å². The minimum Gasteiger partial charge on any atom is -0.350 e. The predicted octanol–water partition coefficient (Wildman–Crippen LogP) is 2.02. The van der Waals surface area contributed by atoms with E-state index in [0.29, 0.717) is 5.92 Å². The quantitative estimate of drug-likeness (QED) is 0.646. The largest absolute Gasteiger partial charge is 0.350 e. The molecule has 2 aliphatic rings. The van der Waals surface area contributed by atoms with Gasteiger partial charge in [0.25, 0.3) is 0 Å². The Morgan fingerprint density at radius 3 is 3.08 bits per heavy atom. The molecule has 2 nitrogen and oxygen atoms in total. The van der Waals surface area contributed by atoms with Crippen molar-refractivity contribution >= 4 is 6.34 Å². The SMILES string of the molecule is CC1=C([C@H]2C=CC=CC2)NC=NC1. The molecule has 0 fully saturated rings. The Hall–Kier alpha value is -1.31. The number of nitrogens with zero attached hydrogens (tertiary/aromatic N) is 1. The van der Waals surface area contributed by atoms with Crippen LogP contribution in [-0.4, -0.2) is 12.9 Å². The highest BCUT2D eigenvalue weighted by atomic mass is 15.0. The van der Waals surface area contributed by atoms with Crippen molar-refractivity contribution < 1.29 is 0 Å². The van der Waals surface area contributed by atoms with Gasteiger partial charge in [0, 0.05) is 11.6 Å². The van der Waals surface area contributed by atoms with Gasteiger partial charge in [0.1, 0.15) is 0 Å². The van der Waals surface area contributed by atoms with E-state index in [1.54, 1.807) is 6.34 Å². The van der Waals surface area contributed by atoms with Crippen LogP contribution in [0, 0.1) is 5.92 Å². The summed E-state index contributed by atoms with van der Waals surface area (Å²) >= 11 is 0. The van der Waals surface area contributed by atoms with Gasteiger partial charge in [-0.2, -0.15) is 0 Å². The normalized spacial score (nSPS) is 26.4. The Morgan fingerprint density at radius 1 is 1.46 bits per heavy atom. The van der Waals surface area contributed by atoms with E-state index in [9.17, 15) is 0 Å². The third-order valence-electron chi connectivity index (χ3n) is 2.45. The highest BCUT2D eigenvalue weighted by Gasteiger charge is 2.14. The zero-order valence-corrected chi connectivity index (χ0v) is 7.83. The van der Waals surface area contributed by atoms with E-state index in [4.69, 9.17) is 0 Å². The number of hydrogen-bond donors (Lipinski definition) is 1. The molecule has 0 unspecified atom stereocenters. The van der Waals surface area contributed by atoms with Crippen molar-refractivity contribution in [3.63, 3.8) is 0 Å². The van der Waals surface area contributed by atoms with Crippen LogP contribution in [0.5, 0.6) is 0 Å². The minimum absolute atomic E-state index is 0.525. The summed E-state index contributed by atoms with van der Waals surface area (Å²) in [5.41, 5.74) is 2.68. The Bertz CT molecular complexity index is 308. The first kappa shape index (κ1) is 8.30. The van der Waals surface area contributed by atoms with E-state index >= 15 is 0 Å². The first-order valence-corrected chi connectivity index (χ1v) is 4.66. The van der Waals surface area contributed by atoms with Crippen LogP contribution in [0.1, 0.15) is 13.3 Å². The summed E-state index contributed by atoms with van der Waals surface area (Å²) in [7, 11) is 0. The fourth-order valence-electron chi connectivity index (χ4n) is 1.72. The van der Waals surface area contributed by atoms with Crippen LogP contribution in [0.3, 0.4) is 0 Å². The molecule has 0 amide bonds. The van der Waals surface area contributed by atoms with Crippen molar-refractivity contribution in [3.05, 3.63) is 35.6 Å². The van der Waals surface area contributed by atoms with Gasteiger partial charge in [-0.1, -0.05) is 24.3 Å². The molecule has 0 bridgehead atoms. The lowest BCUT2D eigenvalue weighted by Gasteiger charge is -2.22. The number of rotatable bonds is 1. The first-order chi connectivity index (χ1) is 6.38. The molecular formula is C11H14N2. The fourth-order valence-corrected chi connectivity index (χ4v) is 1.72. The van der Waals surface area contributed by atoms with Crippen LogP contribution in [0.4, 0.5) is 0 Å². The summed E-state index contributed by atoms with van der Waals surface area (Å²) in [5.74, 6) is 0.525. The molecule has 2 heteroatoms. The maximum Gasteiger partial charge on any atom is 0.0869 e. The highest BCUT2D eigenvalue weighted by molar-refractivity contribution is 5.60. The molecule has 1 aliphatic carbocycles. The monoisotopic (exact) mass is 174 g/mol. The summed E-state index contributed by atoms with van der Waals surface area (Å²) in [6, 6.07) is 0. The third kappa shape index (κ3) is 1.72. The van der Waals surface area contributed by atoms with Gasteiger partial charge in [0.2, 0.25) is 0 Å². The van der Waals surface area contributed by atoms with Crippen molar-refractivity contribution in [2.45, 2.75) is 13.3 Å². The van der Waals surface area contributed by atoms with Crippen molar-refractivity contribution in [1.29, 1.82) is 0 Å². The smallest absolute Gasteiger partial charge is 0.0869 e. The lowest BCUT2D eigenvalue weighted by molar-refractivity contribution is 0.705. The van der Waals surface area contributed by atoms with Crippen LogP contribution < -0.4 is 5.32 Å². The molecule has 0 spiro atoms. The van der Waals surface area contributed by atoms with Crippen molar-refractivity contribution in [2.75, 3.05) is 6.54 Å². The van der Waals surface area contributed by atoms with E-state index in [1.165, 1.54) is 11.3 Å². The van der Waals surface area contributed by atoms with Crippen LogP contribution >= 0.6 is 0 Å². The van der Waals surface area contributed by atoms with Crippen LogP contribution in [-0.2, 0) is 0 Å². The van der Waals surface area contributed by atoms with Gasteiger partial charge in [-0.15, -0.1) is 0 Å². The second-order valence-electron chi connectivity index (χ2n) is 3.46. The van der Waals surface area contributed by atoms with E-state index in [2.05, 4.69) is 41.5 Å².